The van der Waals surface area contributed by atoms with E-state index in [1.807, 2.05) is 20.8 Å². The molecule has 10 nitrogen and oxygen atoms in total. The average molecular weight is 331 g/mol. The molecule has 24 heavy (non-hydrogen) atoms. The maximum absolute atomic E-state index is 12.1. The van der Waals surface area contributed by atoms with E-state index in [1.54, 1.807) is 0 Å². The second-order valence-electron chi connectivity index (χ2n) is 6.21. The first-order chi connectivity index (χ1) is 11.1. The second-order valence-corrected chi connectivity index (χ2v) is 6.21. The summed E-state index contributed by atoms with van der Waals surface area (Å²) >= 11 is 0. The van der Waals surface area contributed by atoms with E-state index in [0.717, 1.165) is 9.13 Å². The van der Waals surface area contributed by atoms with Crippen LogP contribution < -0.4 is 11.2 Å². The third kappa shape index (κ3) is 2.71. The lowest BCUT2D eigenvalue weighted by atomic mass is 9.91. The van der Waals surface area contributed by atoms with E-state index in [-0.39, 0.29) is 16.9 Å². The summed E-state index contributed by atoms with van der Waals surface area (Å²) in [6.45, 7) is 13.0. The molecule has 0 atom stereocenters. The summed E-state index contributed by atoms with van der Waals surface area (Å²) in [5, 5.41) is 24.1. The van der Waals surface area contributed by atoms with E-state index in [0.29, 0.717) is 5.69 Å². The monoisotopic (exact) mass is 331 g/mol. The van der Waals surface area contributed by atoms with Gasteiger partial charge in [0.05, 0.1) is 12.3 Å². The minimum absolute atomic E-state index is 0.0743. The van der Waals surface area contributed by atoms with Crippen molar-refractivity contribution in [3.8, 4) is 5.88 Å². The molecule has 0 aromatic carbocycles. The van der Waals surface area contributed by atoms with Gasteiger partial charge in [-0.1, -0.05) is 20.8 Å². The topological polar surface area (TPSA) is 122 Å². The molecule has 126 valence electrons. The number of aromatic hydroxyl groups is 1. The standard InChI is InChI=1S/C14H17N7O3/c1-14(2,3)9-7(15-4)10(19-17-9)18-16-8-11(22)20(5)13(24)21(6)12(8)23/h22H,1-3,5-6H3,(H,17,19)/b18-16+. The predicted octanol–water partition coefficient (Wildman–Crippen LogP) is 1.78. The number of rotatable bonds is 2. The molecule has 2 aromatic rings. The van der Waals surface area contributed by atoms with Crippen molar-refractivity contribution in [2.24, 2.45) is 24.3 Å². The number of hydrogen-bond acceptors (Lipinski definition) is 6. The van der Waals surface area contributed by atoms with Crippen LogP contribution in [-0.2, 0) is 19.5 Å². The summed E-state index contributed by atoms with van der Waals surface area (Å²) in [7, 11) is 2.57. The van der Waals surface area contributed by atoms with Crippen molar-refractivity contribution < 1.29 is 5.11 Å². The second kappa shape index (κ2) is 5.77. The van der Waals surface area contributed by atoms with E-state index in [1.165, 1.54) is 14.1 Å². The summed E-state index contributed by atoms with van der Waals surface area (Å²) in [5.74, 6) is -0.531. The van der Waals surface area contributed by atoms with Crippen LogP contribution in [0.3, 0.4) is 0 Å². The molecule has 0 unspecified atom stereocenters. The molecule has 2 aromatic heterocycles. The first-order valence-electron chi connectivity index (χ1n) is 6.96. The zero-order valence-corrected chi connectivity index (χ0v) is 13.9. The van der Waals surface area contributed by atoms with Gasteiger partial charge in [0.1, 0.15) is 0 Å². The fraction of sp³-hybridized carbons (Fsp3) is 0.429. The molecule has 0 bridgehead atoms. The molecule has 10 heteroatoms. The van der Waals surface area contributed by atoms with Crippen molar-refractivity contribution in [1.29, 1.82) is 0 Å². The maximum atomic E-state index is 12.1. The predicted molar refractivity (Wildman–Crippen MR) is 86.3 cm³/mol. The van der Waals surface area contributed by atoms with Gasteiger partial charge in [-0.15, -0.1) is 10.2 Å². The summed E-state index contributed by atoms with van der Waals surface area (Å²) in [6, 6.07) is 0. The first-order valence-corrected chi connectivity index (χ1v) is 6.96. The summed E-state index contributed by atoms with van der Waals surface area (Å²) in [4.78, 5) is 27.1. The fourth-order valence-electron chi connectivity index (χ4n) is 2.03. The van der Waals surface area contributed by atoms with Crippen LogP contribution >= 0.6 is 0 Å². The first kappa shape index (κ1) is 17.1. The van der Waals surface area contributed by atoms with Crippen LogP contribution in [0, 0.1) is 6.57 Å². The van der Waals surface area contributed by atoms with E-state index in [9.17, 15) is 14.7 Å². The molecule has 0 fully saturated rings. The van der Waals surface area contributed by atoms with Crippen LogP contribution in [-0.4, -0.2) is 24.4 Å². The van der Waals surface area contributed by atoms with Gasteiger partial charge >= 0.3 is 5.69 Å². The average Bonchev–Trinajstić information content (AvgIpc) is 2.94. The SMILES string of the molecule is [C-]#[N+]c1c(C(C)(C)C)n[nH]c1/N=N/c1c(O)n(C)c(=O)n(C)c1=O. The Balaban J connectivity index is 2.60. The Morgan fingerprint density at radius 3 is 2.38 bits per heavy atom. The molecule has 0 aliphatic heterocycles. The number of hydrogen-bond donors (Lipinski definition) is 2. The number of aromatic amines is 1. The number of aromatic nitrogens is 4. The van der Waals surface area contributed by atoms with Gasteiger partial charge in [-0.05, 0) is 5.41 Å². The van der Waals surface area contributed by atoms with Gasteiger partial charge in [0.2, 0.25) is 11.6 Å². The highest BCUT2D eigenvalue weighted by atomic mass is 16.3. The molecule has 0 saturated carbocycles. The highest BCUT2D eigenvalue weighted by Gasteiger charge is 2.25. The molecule has 0 radical (unpaired) electrons. The zero-order valence-electron chi connectivity index (χ0n) is 13.9. The Labute approximate surface area is 136 Å². The molecule has 2 rings (SSSR count). The molecule has 0 aliphatic carbocycles. The van der Waals surface area contributed by atoms with Gasteiger partial charge in [-0.25, -0.2) is 9.64 Å². The van der Waals surface area contributed by atoms with Crippen LogP contribution in [0.15, 0.2) is 19.8 Å². The third-order valence-corrected chi connectivity index (χ3v) is 3.41. The summed E-state index contributed by atoms with van der Waals surface area (Å²) < 4.78 is 1.68. The van der Waals surface area contributed by atoms with Crippen molar-refractivity contribution in [1.82, 2.24) is 19.3 Å². The quantitative estimate of drug-likeness (QED) is 0.643. The highest BCUT2D eigenvalue weighted by Crippen LogP contribution is 2.37. The van der Waals surface area contributed by atoms with Gasteiger partial charge in [0.25, 0.3) is 11.2 Å². The van der Waals surface area contributed by atoms with Crippen LogP contribution in [0.5, 0.6) is 5.88 Å². The van der Waals surface area contributed by atoms with Crippen molar-refractivity contribution >= 4 is 17.2 Å². The Hall–Kier alpha value is -3.22. The smallest absolute Gasteiger partial charge is 0.333 e. The van der Waals surface area contributed by atoms with Crippen LogP contribution in [0.2, 0.25) is 0 Å². The molecule has 2 N–H and O–H groups in total. The maximum Gasteiger partial charge on any atom is 0.333 e. The fourth-order valence-corrected chi connectivity index (χ4v) is 2.03. The molecular weight excluding hydrogens is 314 g/mol. The van der Waals surface area contributed by atoms with Crippen molar-refractivity contribution in [3.63, 3.8) is 0 Å². The van der Waals surface area contributed by atoms with E-state index >= 15 is 0 Å². The largest absolute Gasteiger partial charge is 0.493 e. The lowest BCUT2D eigenvalue weighted by Crippen LogP contribution is -2.36. The lowest BCUT2D eigenvalue weighted by Gasteiger charge is -2.15. The van der Waals surface area contributed by atoms with E-state index in [2.05, 4.69) is 25.3 Å². The molecule has 0 spiro atoms. The molecule has 0 saturated heterocycles. The zero-order chi connectivity index (χ0) is 18.2. The molecular formula is C14H17N7O3. The minimum atomic E-state index is -0.792. The molecule has 2 heterocycles. The van der Waals surface area contributed by atoms with E-state index in [4.69, 9.17) is 6.57 Å². The summed E-state index contributed by atoms with van der Waals surface area (Å²) in [6.07, 6.45) is 0. The molecule has 0 aliphatic rings. The Morgan fingerprint density at radius 1 is 1.21 bits per heavy atom. The lowest BCUT2D eigenvalue weighted by molar-refractivity contribution is 0.413. The van der Waals surface area contributed by atoms with Gasteiger partial charge in [-0.2, -0.15) is 5.10 Å². The van der Waals surface area contributed by atoms with Gasteiger partial charge < -0.3 is 5.11 Å². The highest BCUT2D eigenvalue weighted by molar-refractivity contribution is 5.66. The number of nitrogens with one attached hydrogen (secondary N) is 1. The number of nitrogens with zero attached hydrogens (tertiary/aromatic N) is 6. The van der Waals surface area contributed by atoms with Crippen LogP contribution in [0.25, 0.3) is 4.85 Å². The van der Waals surface area contributed by atoms with Gasteiger partial charge in [0.15, 0.2) is 5.82 Å². The third-order valence-electron chi connectivity index (χ3n) is 3.41. The van der Waals surface area contributed by atoms with Crippen LogP contribution in [0.4, 0.5) is 17.2 Å². The van der Waals surface area contributed by atoms with Crippen molar-refractivity contribution in [2.75, 3.05) is 0 Å². The summed E-state index contributed by atoms with van der Waals surface area (Å²) in [5.41, 5.74) is -1.55. The van der Waals surface area contributed by atoms with Crippen molar-refractivity contribution in [2.45, 2.75) is 26.2 Å². The Morgan fingerprint density at radius 2 is 1.83 bits per heavy atom. The Bertz CT molecular complexity index is 980. The normalized spacial score (nSPS) is 11.8. The van der Waals surface area contributed by atoms with Gasteiger partial charge in [-0.3, -0.25) is 19.0 Å². The molecule has 0 amide bonds. The van der Waals surface area contributed by atoms with E-state index < -0.39 is 22.8 Å². The Kier molecular flexibility index (Phi) is 4.12. The number of H-pyrrole nitrogens is 1. The minimum Gasteiger partial charge on any atom is -0.493 e. The van der Waals surface area contributed by atoms with Crippen molar-refractivity contribution in [3.05, 3.63) is 37.9 Å². The van der Waals surface area contributed by atoms with Gasteiger partial charge in [0, 0.05) is 14.1 Å². The number of azo groups is 1. The van der Waals surface area contributed by atoms with Crippen LogP contribution in [0.1, 0.15) is 26.5 Å².